The molecule has 0 unspecified atom stereocenters. The molecule has 1 rings (SSSR count). The predicted octanol–water partition coefficient (Wildman–Crippen LogP) is 3.01. The van der Waals surface area contributed by atoms with Crippen LogP contribution in [0.2, 0.25) is 0 Å². The number of hydrogen-bond acceptors (Lipinski definition) is 2. The first kappa shape index (κ1) is 11.5. The van der Waals surface area contributed by atoms with Gasteiger partial charge in [-0.3, -0.25) is 4.79 Å². The van der Waals surface area contributed by atoms with Crippen LogP contribution >= 0.6 is 0 Å². The third-order valence-electron chi connectivity index (χ3n) is 3.43. The molecule has 1 fully saturated rings. The van der Waals surface area contributed by atoms with Gasteiger partial charge in [0.2, 0.25) is 0 Å². The summed E-state index contributed by atoms with van der Waals surface area (Å²) in [6, 6.07) is 0. The second kappa shape index (κ2) is 4.33. The van der Waals surface area contributed by atoms with E-state index in [9.17, 15) is 4.79 Å². The highest BCUT2D eigenvalue weighted by atomic mass is 16.5. The van der Waals surface area contributed by atoms with Gasteiger partial charge in [0, 0.05) is 0 Å². The monoisotopic (exact) mass is 198 g/mol. The van der Waals surface area contributed by atoms with Crippen molar-refractivity contribution in [2.45, 2.75) is 47.0 Å². The molecule has 82 valence electrons. The van der Waals surface area contributed by atoms with Crippen molar-refractivity contribution < 1.29 is 9.53 Å². The minimum atomic E-state index is 0.00435. The first-order valence-corrected chi connectivity index (χ1v) is 5.65. The van der Waals surface area contributed by atoms with Crippen molar-refractivity contribution >= 4 is 5.97 Å². The molecule has 2 nitrogen and oxygen atoms in total. The first-order chi connectivity index (χ1) is 6.49. The number of ether oxygens (including phenoxy) is 1. The molecule has 0 radical (unpaired) electrons. The molecule has 0 spiro atoms. The van der Waals surface area contributed by atoms with E-state index in [1.807, 2.05) is 6.92 Å². The Kier molecular flexibility index (Phi) is 3.57. The van der Waals surface area contributed by atoms with Crippen molar-refractivity contribution in [2.75, 3.05) is 6.61 Å². The molecule has 0 aromatic heterocycles. The van der Waals surface area contributed by atoms with Crippen LogP contribution in [0.5, 0.6) is 0 Å². The zero-order valence-electron chi connectivity index (χ0n) is 9.80. The van der Waals surface area contributed by atoms with Crippen LogP contribution in [0.4, 0.5) is 0 Å². The Labute approximate surface area is 87.0 Å². The van der Waals surface area contributed by atoms with Crippen LogP contribution < -0.4 is 0 Å². The van der Waals surface area contributed by atoms with E-state index < -0.39 is 0 Å². The molecule has 0 aromatic carbocycles. The summed E-state index contributed by atoms with van der Waals surface area (Å²) in [6.07, 6.45) is 3.54. The van der Waals surface area contributed by atoms with Crippen molar-refractivity contribution in [1.29, 1.82) is 0 Å². The predicted molar refractivity (Wildman–Crippen MR) is 56.9 cm³/mol. The van der Waals surface area contributed by atoms with Gasteiger partial charge in [-0.05, 0) is 31.1 Å². The van der Waals surface area contributed by atoms with Crippen molar-refractivity contribution in [1.82, 2.24) is 0 Å². The van der Waals surface area contributed by atoms with E-state index in [-0.39, 0.29) is 17.3 Å². The summed E-state index contributed by atoms with van der Waals surface area (Å²) < 4.78 is 5.15. The normalized spacial score (nSPS) is 31.1. The number of carbonyl (C=O) groups excluding carboxylic acids is 1. The Morgan fingerprint density at radius 2 is 2.14 bits per heavy atom. The molecule has 14 heavy (non-hydrogen) atoms. The van der Waals surface area contributed by atoms with Crippen molar-refractivity contribution in [3.8, 4) is 0 Å². The van der Waals surface area contributed by atoms with E-state index in [2.05, 4.69) is 20.8 Å². The molecule has 0 N–H and O–H groups in total. The van der Waals surface area contributed by atoms with Gasteiger partial charge in [-0.1, -0.05) is 27.2 Å². The summed E-state index contributed by atoms with van der Waals surface area (Å²) in [5, 5.41) is 0. The Morgan fingerprint density at radius 3 is 2.64 bits per heavy atom. The van der Waals surface area contributed by atoms with Gasteiger partial charge in [-0.15, -0.1) is 0 Å². The van der Waals surface area contributed by atoms with Crippen LogP contribution in [-0.2, 0) is 9.53 Å². The maximum atomic E-state index is 11.8. The lowest BCUT2D eigenvalue weighted by Gasteiger charge is -2.40. The molecule has 1 aliphatic rings. The van der Waals surface area contributed by atoms with E-state index in [4.69, 9.17) is 4.74 Å². The third-order valence-corrected chi connectivity index (χ3v) is 3.43. The molecular formula is C12H22O2. The smallest absolute Gasteiger partial charge is 0.309 e. The second-order valence-electron chi connectivity index (χ2n) is 5.09. The molecule has 0 saturated heterocycles. The molecule has 0 amide bonds. The highest BCUT2D eigenvalue weighted by molar-refractivity contribution is 5.73. The fraction of sp³-hybridized carbons (Fsp3) is 0.917. The molecule has 0 heterocycles. The molecule has 0 bridgehead atoms. The van der Waals surface area contributed by atoms with E-state index in [0.717, 1.165) is 12.8 Å². The van der Waals surface area contributed by atoms with Crippen LogP contribution in [0.1, 0.15) is 47.0 Å². The standard InChI is InChI=1S/C12H22O2/c1-5-14-11(13)10-9(2)7-6-8-12(10,3)4/h9-10H,5-8H2,1-4H3/t9-,10-/m1/s1. The molecular weight excluding hydrogens is 176 g/mol. The quantitative estimate of drug-likeness (QED) is 0.637. The maximum absolute atomic E-state index is 11.8. The number of carbonyl (C=O) groups is 1. The van der Waals surface area contributed by atoms with Gasteiger partial charge < -0.3 is 4.74 Å². The third kappa shape index (κ3) is 2.28. The maximum Gasteiger partial charge on any atom is 0.309 e. The van der Waals surface area contributed by atoms with Crippen molar-refractivity contribution in [2.24, 2.45) is 17.3 Å². The topological polar surface area (TPSA) is 26.3 Å². The van der Waals surface area contributed by atoms with Gasteiger partial charge in [0.05, 0.1) is 12.5 Å². The summed E-state index contributed by atoms with van der Waals surface area (Å²) in [5.41, 5.74) is 0.115. The van der Waals surface area contributed by atoms with E-state index in [0.29, 0.717) is 12.5 Å². The van der Waals surface area contributed by atoms with E-state index in [1.54, 1.807) is 0 Å². The fourth-order valence-corrected chi connectivity index (χ4v) is 2.76. The van der Waals surface area contributed by atoms with Crippen LogP contribution in [-0.4, -0.2) is 12.6 Å². The van der Waals surface area contributed by atoms with Gasteiger partial charge in [-0.2, -0.15) is 0 Å². The average molecular weight is 198 g/mol. The van der Waals surface area contributed by atoms with Gasteiger partial charge in [0.25, 0.3) is 0 Å². The van der Waals surface area contributed by atoms with Crippen LogP contribution in [0, 0.1) is 17.3 Å². The largest absolute Gasteiger partial charge is 0.466 e. The summed E-state index contributed by atoms with van der Waals surface area (Å²) in [5.74, 6) is 0.568. The summed E-state index contributed by atoms with van der Waals surface area (Å²) in [6.45, 7) is 8.91. The van der Waals surface area contributed by atoms with Gasteiger partial charge >= 0.3 is 5.97 Å². The molecule has 2 atom stereocenters. The lowest BCUT2D eigenvalue weighted by atomic mass is 9.64. The summed E-state index contributed by atoms with van der Waals surface area (Å²) in [7, 11) is 0. The van der Waals surface area contributed by atoms with Gasteiger partial charge in [-0.25, -0.2) is 0 Å². The number of hydrogen-bond donors (Lipinski definition) is 0. The van der Waals surface area contributed by atoms with Crippen LogP contribution in [0.3, 0.4) is 0 Å². The van der Waals surface area contributed by atoms with Crippen molar-refractivity contribution in [3.05, 3.63) is 0 Å². The molecule has 1 saturated carbocycles. The fourth-order valence-electron chi connectivity index (χ4n) is 2.76. The van der Waals surface area contributed by atoms with Gasteiger partial charge in [0.1, 0.15) is 0 Å². The SMILES string of the molecule is CCOC(=O)[C@H]1[C@H](C)CCCC1(C)C. The lowest BCUT2D eigenvalue weighted by molar-refractivity contribution is -0.157. The number of esters is 1. The molecule has 1 aliphatic carbocycles. The highest BCUT2D eigenvalue weighted by Gasteiger charge is 2.42. The Bertz CT molecular complexity index is 208. The minimum absolute atomic E-state index is 0.00435. The lowest BCUT2D eigenvalue weighted by Crippen LogP contribution is -2.40. The zero-order valence-corrected chi connectivity index (χ0v) is 9.80. The Hall–Kier alpha value is -0.530. The average Bonchev–Trinajstić information content (AvgIpc) is 2.02. The van der Waals surface area contributed by atoms with E-state index >= 15 is 0 Å². The number of rotatable bonds is 2. The van der Waals surface area contributed by atoms with Crippen molar-refractivity contribution in [3.63, 3.8) is 0 Å². The first-order valence-electron chi connectivity index (χ1n) is 5.65. The van der Waals surface area contributed by atoms with Gasteiger partial charge in [0.15, 0.2) is 0 Å². The Morgan fingerprint density at radius 1 is 1.50 bits per heavy atom. The van der Waals surface area contributed by atoms with E-state index in [1.165, 1.54) is 6.42 Å². The Balaban J connectivity index is 2.74. The summed E-state index contributed by atoms with van der Waals surface area (Å²) in [4.78, 5) is 11.8. The van der Waals surface area contributed by atoms with Crippen LogP contribution in [0.25, 0.3) is 0 Å². The highest BCUT2D eigenvalue weighted by Crippen LogP contribution is 2.44. The summed E-state index contributed by atoms with van der Waals surface area (Å²) >= 11 is 0. The van der Waals surface area contributed by atoms with Crippen LogP contribution in [0.15, 0.2) is 0 Å². The minimum Gasteiger partial charge on any atom is -0.466 e. The molecule has 0 aliphatic heterocycles. The second-order valence-corrected chi connectivity index (χ2v) is 5.09. The molecule has 2 heteroatoms. The zero-order chi connectivity index (χ0) is 10.8. The molecule has 0 aromatic rings.